The minimum Gasteiger partial charge on any atom is -0.756 e. The minimum atomic E-state index is -5.08. The van der Waals surface area contributed by atoms with Crippen molar-refractivity contribution in [2.75, 3.05) is 6.73 Å². The SMILES string of the molecule is CC1C=CC=CC1C1(c2ccccc2)NC(=O)N(COP(=O)([O-])O)C1=O. The van der Waals surface area contributed by atoms with Gasteiger partial charge in [0.25, 0.3) is 13.7 Å². The van der Waals surface area contributed by atoms with E-state index >= 15 is 0 Å². The first-order chi connectivity index (χ1) is 12.3. The second kappa shape index (κ2) is 6.81. The molecule has 8 nitrogen and oxygen atoms in total. The van der Waals surface area contributed by atoms with Crippen molar-refractivity contribution in [3.05, 3.63) is 60.2 Å². The maximum Gasteiger partial charge on any atom is 0.327 e. The van der Waals surface area contributed by atoms with Crippen molar-refractivity contribution in [1.29, 1.82) is 0 Å². The van der Waals surface area contributed by atoms with Gasteiger partial charge in [-0.25, -0.2) is 9.69 Å². The van der Waals surface area contributed by atoms with Crippen LogP contribution in [0, 0.1) is 11.8 Å². The Kier molecular flexibility index (Phi) is 4.86. The van der Waals surface area contributed by atoms with Gasteiger partial charge in [-0.3, -0.25) is 13.9 Å². The first-order valence-electron chi connectivity index (χ1n) is 7.98. The summed E-state index contributed by atoms with van der Waals surface area (Å²) in [6.45, 7) is 1.03. The predicted molar refractivity (Wildman–Crippen MR) is 90.2 cm³/mol. The third kappa shape index (κ3) is 3.24. The number of imide groups is 1. The normalized spacial score (nSPS) is 30.3. The number of nitrogens with one attached hydrogen (secondary N) is 1. The van der Waals surface area contributed by atoms with Crippen LogP contribution in [0.4, 0.5) is 4.79 Å². The highest BCUT2D eigenvalue weighted by Crippen LogP contribution is 2.43. The number of phosphoric ester groups is 1. The number of urea groups is 1. The fraction of sp³-hybridized carbons (Fsp3) is 0.294. The molecular weight excluding hydrogens is 359 g/mol. The summed E-state index contributed by atoms with van der Waals surface area (Å²) in [5, 5.41) is 2.72. The van der Waals surface area contributed by atoms with Crippen LogP contribution in [0.3, 0.4) is 0 Å². The Morgan fingerprint density at radius 2 is 1.92 bits per heavy atom. The highest BCUT2D eigenvalue weighted by molar-refractivity contribution is 7.44. The number of rotatable bonds is 5. The van der Waals surface area contributed by atoms with E-state index in [-0.39, 0.29) is 11.8 Å². The van der Waals surface area contributed by atoms with Crippen LogP contribution in [0.15, 0.2) is 54.6 Å². The Balaban J connectivity index is 2.04. The molecule has 0 saturated carbocycles. The highest BCUT2D eigenvalue weighted by atomic mass is 31.2. The average molecular weight is 377 g/mol. The van der Waals surface area contributed by atoms with Crippen LogP contribution >= 0.6 is 7.82 Å². The average Bonchev–Trinajstić information content (AvgIpc) is 2.85. The van der Waals surface area contributed by atoms with E-state index in [1.165, 1.54) is 0 Å². The van der Waals surface area contributed by atoms with Crippen molar-refractivity contribution in [2.45, 2.75) is 12.5 Å². The molecule has 4 unspecified atom stereocenters. The third-order valence-corrected chi connectivity index (χ3v) is 5.06. The van der Waals surface area contributed by atoms with Crippen molar-refractivity contribution < 1.29 is 28.5 Å². The van der Waals surface area contributed by atoms with Crippen LogP contribution in [-0.4, -0.2) is 28.5 Å². The molecule has 0 radical (unpaired) electrons. The van der Waals surface area contributed by atoms with Gasteiger partial charge in [0.2, 0.25) is 0 Å². The maximum absolute atomic E-state index is 13.2. The molecule has 1 aliphatic heterocycles. The number of phosphoric acid groups is 1. The summed E-state index contributed by atoms with van der Waals surface area (Å²) in [5.41, 5.74) is -0.822. The molecule has 2 N–H and O–H groups in total. The van der Waals surface area contributed by atoms with Gasteiger partial charge in [0.1, 0.15) is 6.73 Å². The Bertz CT molecular complexity index is 818. The Morgan fingerprint density at radius 1 is 1.27 bits per heavy atom. The van der Waals surface area contributed by atoms with E-state index in [1.807, 2.05) is 25.2 Å². The molecule has 0 bridgehead atoms. The van der Waals surface area contributed by atoms with E-state index in [9.17, 15) is 19.0 Å². The maximum atomic E-state index is 13.2. The molecule has 26 heavy (non-hydrogen) atoms. The summed E-state index contributed by atoms with van der Waals surface area (Å²) in [6, 6.07) is 7.96. The number of benzene rings is 1. The zero-order valence-electron chi connectivity index (χ0n) is 13.9. The lowest BCUT2D eigenvalue weighted by atomic mass is 9.70. The van der Waals surface area contributed by atoms with Crippen LogP contribution in [0.1, 0.15) is 12.5 Å². The Morgan fingerprint density at radius 3 is 2.54 bits per heavy atom. The molecule has 1 aromatic carbocycles. The topological polar surface area (TPSA) is 119 Å². The molecule has 1 aromatic rings. The number of hydrogen-bond acceptors (Lipinski definition) is 5. The number of hydrogen-bond donors (Lipinski definition) is 2. The van der Waals surface area contributed by atoms with E-state index in [0.717, 1.165) is 0 Å². The largest absolute Gasteiger partial charge is 0.756 e. The third-order valence-electron chi connectivity index (χ3n) is 4.62. The lowest BCUT2D eigenvalue weighted by molar-refractivity contribution is -0.221. The van der Waals surface area contributed by atoms with Crippen molar-refractivity contribution in [3.8, 4) is 0 Å². The molecular formula is C17H18N2O6P-. The van der Waals surface area contributed by atoms with E-state index in [0.29, 0.717) is 10.5 Å². The summed E-state index contributed by atoms with van der Waals surface area (Å²) in [6.07, 6.45) is 7.42. The van der Waals surface area contributed by atoms with Gasteiger partial charge < -0.3 is 15.1 Å². The molecule has 2 aliphatic rings. The summed E-state index contributed by atoms with van der Waals surface area (Å²) < 4.78 is 15.1. The zero-order valence-corrected chi connectivity index (χ0v) is 14.8. The van der Waals surface area contributed by atoms with Crippen molar-refractivity contribution in [3.63, 3.8) is 0 Å². The lowest BCUT2D eigenvalue weighted by Gasteiger charge is -2.37. The fourth-order valence-electron chi connectivity index (χ4n) is 3.41. The van der Waals surface area contributed by atoms with Crippen LogP contribution < -0.4 is 10.2 Å². The number of nitrogens with zero attached hydrogens (tertiary/aromatic N) is 1. The van der Waals surface area contributed by atoms with E-state index < -0.39 is 32.0 Å². The molecule has 0 aromatic heterocycles. The minimum absolute atomic E-state index is 0.0613. The summed E-state index contributed by atoms with van der Waals surface area (Å²) >= 11 is 0. The van der Waals surface area contributed by atoms with Crippen LogP contribution in [-0.2, 0) is 19.4 Å². The molecule has 9 heteroatoms. The van der Waals surface area contributed by atoms with Gasteiger partial charge in [-0.05, 0) is 11.5 Å². The lowest BCUT2D eigenvalue weighted by Crippen LogP contribution is -2.52. The molecule has 1 heterocycles. The molecule has 0 spiro atoms. The van der Waals surface area contributed by atoms with Crippen LogP contribution in [0.25, 0.3) is 0 Å². The molecule has 1 aliphatic carbocycles. The van der Waals surface area contributed by atoms with Gasteiger partial charge in [0.05, 0.1) is 0 Å². The van der Waals surface area contributed by atoms with E-state index in [4.69, 9.17) is 4.89 Å². The van der Waals surface area contributed by atoms with E-state index in [2.05, 4.69) is 9.84 Å². The standard InChI is InChI=1S/C17H19N2O6P/c1-12-7-5-6-10-14(12)17(13-8-3-2-4-9-13)15(20)19(16(21)18-17)11-25-26(22,23)24/h2-10,12,14H,11H2,1H3,(H,18,21)(H2,22,23,24)/p-1. The van der Waals surface area contributed by atoms with Crippen LogP contribution in [0.5, 0.6) is 0 Å². The molecule has 4 atom stereocenters. The van der Waals surface area contributed by atoms with Crippen LogP contribution in [0.2, 0.25) is 0 Å². The van der Waals surface area contributed by atoms with Gasteiger partial charge in [0, 0.05) is 5.92 Å². The zero-order chi connectivity index (χ0) is 18.9. The molecule has 1 fully saturated rings. The quantitative estimate of drug-likeness (QED) is 0.589. The first-order valence-corrected chi connectivity index (χ1v) is 9.48. The Hall–Kier alpha value is -2.25. The second-order valence-electron chi connectivity index (χ2n) is 6.22. The monoisotopic (exact) mass is 377 g/mol. The first kappa shape index (κ1) is 18.5. The van der Waals surface area contributed by atoms with Crippen molar-refractivity contribution >= 4 is 19.8 Å². The molecule has 138 valence electrons. The molecule has 3 rings (SSSR count). The number of carbonyl (C=O) groups excluding carboxylic acids is 2. The molecule has 3 amide bonds. The fourth-order valence-corrected chi connectivity index (χ4v) is 3.68. The van der Waals surface area contributed by atoms with Gasteiger partial charge in [0.15, 0.2) is 5.54 Å². The molecule has 1 saturated heterocycles. The summed E-state index contributed by atoms with van der Waals surface area (Å²) in [4.78, 5) is 45.9. The predicted octanol–water partition coefficient (Wildman–Crippen LogP) is 1.25. The van der Waals surface area contributed by atoms with Gasteiger partial charge in [-0.15, -0.1) is 0 Å². The number of carbonyl (C=O) groups is 2. The summed E-state index contributed by atoms with van der Waals surface area (Å²) in [5.74, 6) is -1.09. The Labute approximate surface area is 150 Å². The number of allylic oxidation sites excluding steroid dienone is 3. The highest BCUT2D eigenvalue weighted by Gasteiger charge is 2.57. The second-order valence-corrected chi connectivity index (χ2v) is 7.41. The van der Waals surface area contributed by atoms with E-state index in [1.54, 1.807) is 36.4 Å². The van der Waals surface area contributed by atoms with Crippen molar-refractivity contribution in [1.82, 2.24) is 10.2 Å². The van der Waals surface area contributed by atoms with Gasteiger partial charge in [-0.1, -0.05) is 61.6 Å². The summed E-state index contributed by atoms with van der Waals surface area (Å²) in [7, 11) is -5.08. The van der Waals surface area contributed by atoms with Gasteiger partial charge >= 0.3 is 6.03 Å². The number of amides is 3. The van der Waals surface area contributed by atoms with Gasteiger partial charge in [-0.2, -0.15) is 0 Å². The van der Waals surface area contributed by atoms with Crippen molar-refractivity contribution in [2.24, 2.45) is 11.8 Å². The smallest absolute Gasteiger partial charge is 0.327 e.